The molecule has 0 radical (unpaired) electrons. The van der Waals surface area contributed by atoms with Gasteiger partial charge in [-0.1, -0.05) is 6.92 Å². The predicted molar refractivity (Wildman–Crippen MR) is 116 cm³/mol. The van der Waals surface area contributed by atoms with Gasteiger partial charge in [0.2, 0.25) is 10.0 Å². The normalized spacial score (nSPS) is 16.9. The number of hydrazine groups is 1. The third-order valence-corrected chi connectivity index (χ3v) is 7.50. The number of hydrogen-bond donors (Lipinski definition) is 2. The number of nitrogens with zero attached hydrogens (tertiary/aromatic N) is 1. The maximum atomic E-state index is 12.8. The zero-order chi connectivity index (χ0) is 22.7. The summed E-state index contributed by atoms with van der Waals surface area (Å²) in [6.45, 7) is 3.96. The first-order chi connectivity index (χ1) is 15.3. The van der Waals surface area contributed by atoms with Crippen LogP contribution in [0.3, 0.4) is 0 Å². The summed E-state index contributed by atoms with van der Waals surface area (Å²) in [7, 11) is -3.59. The van der Waals surface area contributed by atoms with Crippen LogP contribution in [0.25, 0.3) is 0 Å². The van der Waals surface area contributed by atoms with E-state index in [1.165, 1.54) is 34.6 Å². The molecule has 2 heterocycles. The number of rotatable bonds is 4. The summed E-state index contributed by atoms with van der Waals surface area (Å²) < 4.78 is 37.9. The van der Waals surface area contributed by atoms with Crippen LogP contribution in [0.15, 0.2) is 47.4 Å². The van der Waals surface area contributed by atoms with Crippen molar-refractivity contribution in [2.24, 2.45) is 5.92 Å². The molecule has 1 fully saturated rings. The van der Waals surface area contributed by atoms with E-state index >= 15 is 0 Å². The van der Waals surface area contributed by atoms with Crippen LogP contribution < -0.4 is 20.3 Å². The van der Waals surface area contributed by atoms with Gasteiger partial charge in [0.05, 0.1) is 4.90 Å². The van der Waals surface area contributed by atoms with E-state index in [-0.39, 0.29) is 10.5 Å². The van der Waals surface area contributed by atoms with E-state index in [0.717, 1.165) is 12.8 Å². The average molecular weight is 460 g/mol. The van der Waals surface area contributed by atoms with Crippen molar-refractivity contribution in [2.75, 3.05) is 26.3 Å². The molecule has 0 saturated carbocycles. The molecule has 2 aromatic rings. The molecule has 0 spiro atoms. The summed E-state index contributed by atoms with van der Waals surface area (Å²) in [5.74, 6) is 0.464. The summed E-state index contributed by atoms with van der Waals surface area (Å²) in [5.41, 5.74) is 5.20. The number of carbonyl (C=O) groups excluding carboxylic acids is 2. The quantitative estimate of drug-likeness (QED) is 0.676. The molecule has 4 rings (SSSR count). The minimum Gasteiger partial charge on any atom is -0.486 e. The van der Waals surface area contributed by atoms with Gasteiger partial charge in [-0.15, -0.1) is 0 Å². The van der Waals surface area contributed by atoms with Gasteiger partial charge in [-0.3, -0.25) is 20.4 Å². The van der Waals surface area contributed by atoms with E-state index < -0.39 is 21.8 Å². The molecule has 2 aliphatic rings. The Hall–Kier alpha value is -3.11. The van der Waals surface area contributed by atoms with Gasteiger partial charge in [-0.25, -0.2) is 8.42 Å². The van der Waals surface area contributed by atoms with E-state index in [2.05, 4.69) is 17.8 Å². The summed E-state index contributed by atoms with van der Waals surface area (Å²) in [4.78, 5) is 24.9. The molecule has 0 aromatic heterocycles. The maximum absolute atomic E-state index is 12.8. The smallest absolute Gasteiger partial charge is 0.269 e. The molecule has 2 aliphatic heterocycles. The molecule has 0 bridgehead atoms. The van der Waals surface area contributed by atoms with Crippen molar-refractivity contribution in [1.82, 2.24) is 15.2 Å². The number of piperidine rings is 1. The van der Waals surface area contributed by atoms with Crippen molar-refractivity contribution in [3.63, 3.8) is 0 Å². The second-order valence-electron chi connectivity index (χ2n) is 7.88. The zero-order valence-electron chi connectivity index (χ0n) is 17.7. The Morgan fingerprint density at radius 1 is 0.875 bits per heavy atom. The SMILES string of the molecule is CC1CCN(S(=O)(=O)c2ccc(C(=O)NNC(=O)c3ccc4c(c3)OCCO4)cc2)CC1. The van der Waals surface area contributed by atoms with E-state index in [1.807, 2.05) is 0 Å². The van der Waals surface area contributed by atoms with E-state index in [1.54, 1.807) is 12.1 Å². The monoisotopic (exact) mass is 459 g/mol. The Morgan fingerprint density at radius 3 is 2.09 bits per heavy atom. The topological polar surface area (TPSA) is 114 Å². The van der Waals surface area contributed by atoms with Crippen LogP contribution in [-0.2, 0) is 10.0 Å². The number of sulfonamides is 1. The standard InChI is InChI=1S/C22H25N3O6S/c1-15-8-10-25(11-9-15)32(28,29)18-5-2-16(3-6-18)21(26)23-24-22(27)17-4-7-19-20(14-17)31-13-12-30-19/h2-7,14-15H,8-13H2,1H3,(H,23,26)(H,24,27). The van der Waals surface area contributed by atoms with Crippen molar-refractivity contribution in [3.05, 3.63) is 53.6 Å². The lowest BCUT2D eigenvalue weighted by atomic mass is 10.0. The van der Waals surface area contributed by atoms with Crippen LogP contribution >= 0.6 is 0 Å². The van der Waals surface area contributed by atoms with Crippen LogP contribution in [0.4, 0.5) is 0 Å². The third kappa shape index (κ3) is 4.71. The van der Waals surface area contributed by atoms with Crippen molar-refractivity contribution >= 4 is 21.8 Å². The molecule has 9 nitrogen and oxygen atoms in total. The number of benzene rings is 2. The Kier molecular flexibility index (Phi) is 6.33. The van der Waals surface area contributed by atoms with Crippen LogP contribution in [0.5, 0.6) is 11.5 Å². The largest absolute Gasteiger partial charge is 0.486 e. The van der Waals surface area contributed by atoms with Crippen LogP contribution in [0.1, 0.15) is 40.5 Å². The van der Waals surface area contributed by atoms with Crippen LogP contribution in [-0.4, -0.2) is 50.8 Å². The fraction of sp³-hybridized carbons (Fsp3) is 0.364. The number of hydrogen-bond acceptors (Lipinski definition) is 6. The minimum atomic E-state index is -3.59. The van der Waals surface area contributed by atoms with Crippen molar-refractivity contribution in [3.8, 4) is 11.5 Å². The first-order valence-corrected chi connectivity index (χ1v) is 11.9. The molecule has 2 N–H and O–H groups in total. The van der Waals surface area contributed by atoms with Gasteiger partial charge in [0.25, 0.3) is 11.8 Å². The number of nitrogens with one attached hydrogen (secondary N) is 2. The fourth-order valence-corrected chi connectivity index (χ4v) is 5.06. The van der Waals surface area contributed by atoms with Gasteiger partial charge in [-0.05, 0) is 61.2 Å². The summed E-state index contributed by atoms with van der Waals surface area (Å²) in [5, 5.41) is 0. The van der Waals surface area contributed by atoms with Gasteiger partial charge < -0.3 is 9.47 Å². The molecule has 170 valence electrons. The highest BCUT2D eigenvalue weighted by atomic mass is 32.2. The number of fused-ring (bicyclic) bond motifs is 1. The van der Waals surface area contributed by atoms with Gasteiger partial charge in [-0.2, -0.15) is 4.31 Å². The predicted octanol–water partition coefficient (Wildman–Crippen LogP) is 1.95. The highest BCUT2D eigenvalue weighted by Gasteiger charge is 2.28. The summed E-state index contributed by atoms with van der Waals surface area (Å²) >= 11 is 0. The number of ether oxygens (including phenoxy) is 2. The minimum absolute atomic E-state index is 0.143. The second-order valence-corrected chi connectivity index (χ2v) is 9.82. The Balaban J connectivity index is 1.36. The molecule has 10 heteroatoms. The first kappa shape index (κ1) is 22.1. The summed E-state index contributed by atoms with van der Waals surface area (Å²) in [6, 6.07) is 10.4. The zero-order valence-corrected chi connectivity index (χ0v) is 18.5. The number of amides is 2. The molecule has 0 unspecified atom stereocenters. The molecule has 2 amide bonds. The lowest BCUT2D eigenvalue weighted by Gasteiger charge is -2.29. The van der Waals surface area contributed by atoms with Crippen LogP contribution in [0, 0.1) is 5.92 Å². The van der Waals surface area contributed by atoms with Crippen molar-refractivity contribution in [1.29, 1.82) is 0 Å². The fourth-order valence-electron chi connectivity index (χ4n) is 3.60. The molecular weight excluding hydrogens is 434 g/mol. The van der Waals surface area contributed by atoms with E-state index in [4.69, 9.17) is 9.47 Å². The lowest BCUT2D eigenvalue weighted by Crippen LogP contribution is -2.41. The lowest BCUT2D eigenvalue weighted by molar-refractivity contribution is 0.0846. The highest BCUT2D eigenvalue weighted by Crippen LogP contribution is 2.30. The second kappa shape index (κ2) is 9.17. The van der Waals surface area contributed by atoms with E-state index in [9.17, 15) is 18.0 Å². The molecule has 1 saturated heterocycles. The Morgan fingerprint density at radius 2 is 1.44 bits per heavy atom. The maximum Gasteiger partial charge on any atom is 0.269 e. The van der Waals surface area contributed by atoms with Crippen LogP contribution in [0.2, 0.25) is 0 Å². The average Bonchev–Trinajstić information content (AvgIpc) is 2.82. The Bertz CT molecular complexity index is 1110. The van der Waals surface area contributed by atoms with E-state index in [0.29, 0.717) is 49.3 Å². The van der Waals surface area contributed by atoms with Gasteiger partial charge in [0, 0.05) is 24.2 Å². The molecular formula is C22H25N3O6S. The highest BCUT2D eigenvalue weighted by molar-refractivity contribution is 7.89. The first-order valence-electron chi connectivity index (χ1n) is 10.4. The third-order valence-electron chi connectivity index (χ3n) is 5.59. The summed E-state index contributed by atoms with van der Waals surface area (Å²) in [6.07, 6.45) is 1.67. The number of carbonyl (C=O) groups is 2. The molecule has 0 aliphatic carbocycles. The van der Waals surface area contributed by atoms with Gasteiger partial charge >= 0.3 is 0 Å². The molecule has 0 atom stereocenters. The molecule has 2 aromatic carbocycles. The van der Waals surface area contributed by atoms with Gasteiger partial charge in [0.1, 0.15) is 13.2 Å². The van der Waals surface area contributed by atoms with Crippen molar-refractivity contribution in [2.45, 2.75) is 24.7 Å². The molecule has 32 heavy (non-hydrogen) atoms. The van der Waals surface area contributed by atoms with Gasteiger partial charge in [0.15, 0.2) is 11.5 Å². The Labute approximate surface area is 186 Å². The van der Waals surface area contributed by atoms with Crippen molar-refractivity contribution < 1.29 is 27.5 Å².